The van der Waals surface area contributed by atoms with Crippen molar-refractivity contribution < 1.29 is 4.74 Å². The summed E-state index contributed by atoms with van der Waals surface area (Å²) in [5.74, 6) is 0.814. The number of anilines is 2. The molecule has 2 aromatic heterocycles. The average Bonchev–Trinajstić information content (AvgIpc) is 3.07. The number of ether oxygens (including phenoxy) is 1. The maximum absolute atomic E-state index is 6.32. The van der Waals surface area contributed by atoms with Crippen LogP contribution in [0.4, 0.5) is 11.4 Å². The molecule has 0 aliphatic heterocycles. The highest BCUT2D eigenvalue weighted by atomic mass is 16.5. The van der Waals surface area contributed by atoms with Crippen molar-refractivity contribution in [2.75, 3.05) is 18.6 Å². The summed E-state index contributed by atoms with van der Waals surface area (Å²) in [6.45, 7) is 0. The number of fused-ring (bicyclic) bond motifs is 3. The highest BCUT2D eigenvalue weighted by molar-refractivity contribution is 6.15. The molecule has 0 unspecified atom stereocenters. The van der Waals surface area contributed by atoms with Gasteiger partial charge in [0.2, 0.25) is 0 Å². The molecular weight excluding hydrogens is 360 g/mol. The number of rotatable bonds is 3. The monoisotopic (exact) mass is 380 g/mol. The lowest BCUT2D eigenvalue weighted by Gasteiger charge is -2.12. The largest absolute Gasteiger partial charge is 0.497 e. The van der Waals surface area contributed by atoms with E-state index in [1.54, 1.807) is 13.3 Å². The highest BCUT2D eigenvalue weighted by Crippen LogP contribution is 2.40. The molecule has 0 aliphatic rings. The molecule has 5 nitrogen and oxygen atoms in total. The van der Waals surface area contributed by atoms with E-state index in [1.807, 2.05) is 66.9 Å². The van der Waals surface area contributed by atoms with E-state index in [4.69, 9.17) is 16.2 Å². The summed E-state index contributed by atoms with van der Waals surface area (Å²) < 4.78 is 7.54. The molecular formula is C24H20N4O. The van der Waals surface area contributed by atoms with Crippen LogP contribution in [-0.2, 0) is 0 Å². The Morgan fingerprint density at radius 1 is 0.862 bits per heavy atom. The molecule has 0 saturated heterocycles. The first kappa shape index (κ1) is 17.1. The molecule has 0 spiro atoms. The smallest absolute Gasteiger partial charge is 0.118 e. The standard InChI is InChI=1S/C24H20N4O/c1-29-19-7-4-15(5-8-19)20-12-17(26)13-22-21-11-16(25)6-9-23(21)28(24(20)22)18-3-2-10-27-14-18/h2-14H,25-26H2,1H3. The van der Waals surface area contributed by atoms with Crippen molar-refractivity contribution in [3.05, 3.63) is 79.1 Å². The number of methoxy groups -OCH3 is 1. The summed E-state index contributed by atoms with van der Waals surface area (Å²) in [6.07, 6.45) is 3.64. The third kappa shape index (κ3) is 2.75. The van der Waals surface area contributed by atoms with E-state index in [0.29, 0.717) is 5.69 Å². The van der Waals surface area contributed by atoms with Crippen molar-refractivity contribution in [2.45, 2.75) is 0 Å². The quantitative estimate of drug-likeness (QED) is 0.431. The lowest BCUT2D eigenvalue weighted by atomic mass is 10.0. The maximum Gasteiger partial charge on any atom is 0.118 e. The van der Waals surface area contributed by atoms with Gasteiger partial charge in [-0.15, -0.1) is 0 Å². The van der Waals surface area contributed by atoms with Crippen LogP contribution in [0.3, 0.4) is 0 Å². The molecule has 0 radical (unpaired) electrons. The fourth-order valence-electron chi connectivity index (χ4n) is 3.93. The van der Waals surface area contributed by atoms with Gasteiger partial charge in [-0.25, -0.2) is 0 Å². The van der Waals surface area contributed by atoms with Crippen LogP contribution in [0, 0.1) is 0 Å². The molecule has 4 N–H and O–H groups in total. The van der Waals surface area contributed by atoms with Crippen LogP contribution in [0.1, 0.15) is 0 Å². The molecule has 0 fully saturated rings. The zero-order chi connectivity index (χ0) is 20.0. The molecule has 0 saturated carbocycles. The average molecular weight is 380 g/mol. The highest BCUT2D eigenvalue weighted by Gasteiger charge is 2.17. The summed E-state index contributed by atoms with van der Waals surface area (Å²) in [4.78, 5) is 4.33. The van der Waals surface area contributed by atoms with Gasteiger partial charge in [-0.3, -0.25) is 4.98 Å². The number of nitrogens with zero attached hydrogens (tertiary/aromatic N) is 2. The molecule has 5 aromatic rings. The lowest BCUT2D eigenvalue weighted by molar-refractivity contribution is 0.415. The fourth-order valence-corrected chi connectivity index (χ4v) is 3.93. The first-order valence-electron chi connectivity index (χ1n) is 9.34. The Morgan fingerprint density at radius 3 is 2.38 bits per heavy atom. The number of hydrogen-bond donors (Lipinski definition) is 2. The second kappa shape index (κ2) is 6.56. The van der Waals surface area contributed by atoms with Gasteiger partial charge in [0, 0.05) is 33.9 Å². The van der Waals surface area contributed by atoms with Crippen LogP contribution in [0.5, 0.6) is 5.75 Å². The minimum atomic E-state index is 0.705. The first-order chi connectivity index (χ1) is 14.2. The zero-order valence-electron chi connectivity index (χ0n) is 16.0. The van der Waals surface area contributed by atoms with Gasteiger partial charge in [-0.1, -0.05) is 12.1 Å². The van der Waals surface area contributed by atoms with Crippen molar-refractivity contribution in [1.29, 1.82) is 0 Å². The van der Waals surface area contributed by atoms with Crippen molar-refractivity contribution >= 4 is 33.2 Å². The van der Waals surface area contributed by atoms with Gasteiger partial charge in [0.1, 0.15) is 5.75 Å². The van der Waals surface area contributed by atoms with Gasteiger partial charge in [-0.05, 0) is 60.2 Å². The van der Waals surface area contributed by atoms with E-state index < -0.39 is 0 Å². The molecule has 5 heteroatoms. The Morgan fingerprint density at radius 2 is 1.66 bits per heavy atom. The lowest BCUT2D eigenvalue weighted by Crippen LogP contribution is -1.97. The van der Waals surface area contributed by atoms with E-state index >= 15 is 0 Å². The Balaban J connectivity index is 1.94. The van der Waals surface area contributed by atoms with Crippen LogP contribution in [0.15, 0.2) is 79.1 Å². The molecule has 142 valence electrons. The molecule has 2 heterocycles. The van der Waals surface area contributed by atoms with E-state index in [9.17, 15) is 0 Å². The number of benzene rings is 3. The summed E-state index contributed by atoms with van der Waals surface area (Å²) in [5, 5.41) is 2.12. The molecule has 29 heavy (non-hydrogen) atoms. The predicted octanol–water partition coefficient (Wildman–Crippen LogP) is 5.02. The Labute approximate surface area is 168 Å². The van der Waals surface area contributed by atoms with Crippen molar-refractivity contribution in [1.82, 2.24) is 9.55 Å². The number of hydrogen-bond acceptors (Lipinski definition) is 4. The molecule has 0 bridgehead atoms. The van der Waals surface area contributed by atoms with Crippen molar-refractivity contribution in [2.24, 2.45) is 0 Å². The fraction of sp³-hybridized carbons (Fsp3) is 0.0417. The van der Waals surface area contributed by atoms with Crippen LogP contribution in [-0.4, -0.2) is 16.7 Å². The van der Waals surface area contributed by atoms with Gasteiger partial charge < -0.3 is 20.8 Å². The maximum atomic E-state index is 6.32. The van der Waals surface area contributed by atoms with Crippen molar-refractivity contribution in [3.8, 4) is 22.6 Å². The summed E-state index contributed by atoms with van der Waals surface area (Å²) in [5.41, 5.74) is 19.1. The van der Waals surface area contributed by atoms with E-state index in [0.717, 1.165) is 50.1 Å². The number of aromatic nitrogens is 2. The summed E-state index contributed by atoms with van der Waals surface area (Å²) in [7, 11) is 1.67. The third-order valence-corrected chi connectivity index (χ3v) is 5.21. The van der Waals surface area contributed by atoms with Gasteiger partial charge in [0.25, 0.3) is 0 Å². The second-order valence-electron chi connectivity index (χ2n) is 7.02. The first-order valence-corrected chi connectivity index (χ1v) is 9.34. The van der Waals surface area contributed by atoms with Crippen LogP contribution in [0.25, 0.3) is 38.6 Å². The van der Waals surface area contributed by atoms with Crippen LogP contribution < -0.4 is 16.2 Å². The molecule has 0 amide bonds. The summed E-state index contributed by atoms with van der Waals surface area (Å²) >= 11 is 0. The van der Waals surface area contributed by atoms with Gasteiger partial charge >= 0.3 is 0 Å². The van der Waals surface area contributed by atoms with Crippen molar-refractivity contribution in [3.63, 3.8) is 0 Å². The molecule has 5 rings (SSSR count). The van der Waals surface area contributed by atoms with E-state index in [-0.39, 0.29) is 0 Å². The number of pyridine rings is 1. The number of nitrogen functional groups attached to an aromatic ring is 2. The van der Waals surface area contributed by atoms with Gasteiger partial charge in [0.15, 0.2) is 0 Å². The van der Waals surface area contributed by atoms with Crippen LogP contribution in [0.2, 0.25) is 0 Å². The minimum Gasteiger partial charge on any atom is -0.497 e. The van der Waals surface area contributed by atoms with Gasteiger partial charge in [-0.2, -0.15) is 0 Å². The summed E-state index contributed by atoms with van der Waals surface area (Å²) in [6, 6.07) is 22.0. The predicted molar refractivity (Wildman–Crippen MR) is 119 cm³/mol. The zero-order valence-corrected chi connectivity index (χ0v) is 16.0. The van der Waals surface area contributed by atoms with E-state index in [2.05, 4.69) is 15.6 Å². The third-order valence-electron chi connectivity index (χ3n) is 5.21. The Kier molecular flexibility index (Phi) is 3.88. The second-order valence-corrected chi connectivity index (χ2v) is 7.02. The molecule has 0 aliphatic carbocycles. The van der Waals surface area contributed by atoms with Crippen LogP contribution >= 0.6 is 0 Å². The number of nitrogens with two attached hydrogens (primary N) is 2. The molecule has 0 atom stereocenters. The normalized spacial score (nSPS) is 11.2. The van der Waals surface area contributed by atoms with E-state index in [1.165, 1.54) is 0 Å². The molecule has 3 aromatic carbocycles. The Bertz CT molecular complexity index is 1340. The topological polar surface area (TPSA) is 79.1 Å². The SMILES string of the molecule is COc1ccc(-c2cc(N)cc3c4cc(N)ccc4n(-c4cccnc4)c23)cc1. The van der Waals surface area contributed by atoms with Gasteiger partial charge in [0.05, 0.1) is 30.0 Å². The Hall–Kier alpha value is -3.99. The minimum absolute atomic E-state index is 0.705.